The van der Waals surface area contributed by atoms with Gasteiger partial charge >= 0.3 is 0 Å². The molecule has 0 bridgehead atoms. The van der Waals surface area contributed by atoms with Gasteiger partial charge in [0.25, 0.3) is 0 Å². The Kier molecular flexibility index (Phi) is 2.34. The fourth-order valence-electron chi connectivity index (χ4n) is 2.32. The van der Waals surface area contributed by atoms with E-state index in [1.165, 1.54) is 6.42 Å². The SMILES string of the molecule is NCc1cccc2nnc(C3CCCN3)n12. The summed E-state index contributed by atoms with van der Waals surface area (Å²) in [5, 5.41) is 11.9. The average Bonchev–Trinajstić information content (AvgIpc) is 2.96. The van der Waals surface area contributed by atoms with Crippen LogP contribution in [0.1, 0.15) is 30.4 Å². The number of hydrogen-bond acceptors (Lipinski definition) is 4. The fourth-order valence-corrected chi connectivity index (χ4v) is 2.32. The van der Waals surface area contributed by atoms with Crippen LogP contribution in [-0.2, 0) is 6.54 Å². The van der Waals surface area contributed by atoms with Gasteiger partial charge in [-0.2, -0.15) is 0 Å². The summed E-state index contributed by atoms with van der Waals surface area (Å²) < 4.78 is 2.07. The van der Waals surface area contributed by atoms with Crippen molar-refractivity contribution in [1.29, 1.82) is 0 Å². The summed E-state index contributed by atoms with van der Waals surface area (Å²) in [5.41, 5.74) is 7.69. The monoisotopic (exact) mass is 217 g/mol. The van der Waals surface area contributed by atoms with Crippen molar-refractivity contribution in [1.82, 2.24) is 19.9 Å². The molecule has 5 heteroatoms. The van der Waals surface area contributed by atoms with Crippen molar-refractivity contribution in [2.45, 2.75) is 25.4 Å². The molecule has 5 nitrogen and oxygen atoms in total. The van der Waals surface area contributed by atoms with Crippen LogP contribution < -0.4 is 11.1 Å². The molecule has 0 radical (unpaired) electrons. The molecule has 2 aromatic rings. The smallest absolute Gasteiger partial charge is 0.161 e. The molecule has 1 fully saturated rings. The highest BCUT2D eigenvalue weighted by molar-refractivity contribution is 5.40. The second-order valence-electron chi connectivity index (χ2n) is 4.12. The van der Waals surface area contributed by atoms with Crippen molar-refractivity contribution < 1.29 is 0 Å². The third kappa shape index (κ3) is 1.40. The minimum Gasteiger partial charge on any atom is -0.325 e. The van der Waals surface area contributed by atoms with Gasteiger partial charge < -0.3 is 11.1 Å². The molecular weight excluding hydrogens is 202 g/mol. The Morgan fingerprint density at radius 2 is 2.38 bits per heavy atom. The van der Waals surface area contributed by atoms with E-state index in [0.717, 1.165) is 30.1 Å². The van der Waals surface area contributed by atoms with Gasteiger partial charge in [-0.1, -0.05) is 6.07 Å². The average molecular weight is 217 g/mol. The van der Waals surface area contributed by atoms with Gasteiger partial charge in [-0.05, 0) is 31.5 Å². The Morgan fingerprint density at radius 1 is 1.44 bits per heavy atom. The minimum absolute atomic E-state index is 0.322. The summed E-state index contributed by atoms with van der Waals surface area (Å²) in [7, 11) is 0. The lowest BCUT2D eigenvalue weighted by Gasteiger charge is -2.10. The van der Waals surface area contributed by atoms with Gasteiger partial charge in [0.2, 0.25) is 0 Å². The van der Waals surface area contributed by atoms with Crippen LogP contribution in [0.15, 0.2) is 18.2 Å². The highest BCUT2D eigenvalue weighted by atomic mass is 15.3. The van der Waals surface area contributed by atoms with Crippen LogP contribution in [0, 0.1) is 0 Å². The molecule has 0 spiro atoms. The molecule has 3 N–H and O–H groups in total. The van der Waals surface area contributed by atoms with Crippen molar-refractivity contribution in [3.05, 3.63) is 29.7 Å². The summed E-state index contributed by atoms with van der Waals surface area (Å²) in [4.78, 5) is 0. The van der Waals surface area contributed by atoms with Crippen LogP contribution in [-0.4, -0.2) is 21.1 Å². The van der Waals surface area contributed by atoms with Crippen molar-refractivity contribution in [3.63, 3.8) is 0 Å². The first kappa shape index (κ1) is 9.74. The first-order valence-corrected chi connectivity index (χ1v) is 5.66. The van der Waals surface area contributed by atoms with E-state index < -0.39 is 0 Å². The van der Waals surface area contributed by atoms with Crippen LogP contribution in [0.2, 0.25) is 0 Å². The van der Waals surface area contributed by atoms with Crippen molar-refractivity contribution >= 4 is 5.65 Å². The molecule has 3 rings (SSSR count). The Bertz CT molecular complexity index is 498. The zero-order chi connectivity index (χ0) is 11.0. The zero-order valence-corrected chi connectivity index (χ0v) is 9.06. The van der Waals surface area contributed by atoms with Gasteiger partial charge in [0, 0.05) is 12.2 Å². The molecule has 0 amide bonds. The third-order valence-corrected chi connectivity index (χ3v) is 3.12. The first-order valence-electron chi connectivity index (χ1n) is 5.66. The van der Waals surface area contributed by atoms with E-state index >= 15 is 0 Å². The maximum atomic E-state index is 5.75. The number of nitrogens with one attached hydrogen (secondary N) is 1. The van der Waals surface area contributed by atoms with Crippen LogP contribution in [0.3, 0.4) is 0 Å². The van der Waals surface area contributed by atoms with Gasteiger partial charge in [0.05, 0.1) is 6.04 Å². The minimum atomic E-state index is 0.322. The van der Waals surface area contributed by atoms with E-state index in [0.29, 0.717) is 12.6 Å². The van der Waals surface area contributed by atoms with E-state index in [-0.39, 0.29) is 0 Å². The maximum absolute atomic E-state index is 5.75. The summed E-state index contributed by atoms with van der Waals surface area (Å²) in [6, 6.07) is 6.28. The summed E-state index contributed by atoms with van der Waals surface area (Å²) in [6.07, 6.45) is 2.32. The molecule has 0 aromatic carbocycles. The Labute approximate surface area is 93.7 Å². The largest absolute Gasteiger partial charge is 0.325 e. The second kappa shape index (κ2) is 3.84. The Hall–Kier alpha value is -1.46. The number of fused-ring (bicyclic) bond motifs is 1. The van der Waals surface area contributed by atoms with Crippen LogP contribution >= 0.6 is 0 Å². The van der Waals surface area contributed by atoms with E-state index in [1.807, 2.05) is 18.2 Å². The normalized spacial score (nSPS) is 20.7. The molecule has 3 heterocycles. The lowest BCUT2D eigenvalue weighted by molar-refractivity contribution is 0.593. The topological polar surface area (TPSA) is 68.2 Å². The third-order valence-electron chi connectivity index (χ3n) is 3.12. The maximum Gasteiger partial charge on any atom is 0.161 e. The number of nitrogens with two attached hydrogens (primary N) is 1. The Morgan fingerprint density at radius 3 is 3.12 bits per heavy atom. The number of hydrogen-bond donors (Lipinski definition) is 2. The molecule has 0 aliphatic carbocycles. The molecule has 84 valence electrons. The molecule has 1 unspecified atom stereocenters. The highest BCUT2D eigenvalue weighted by Gasteiger charge is 2.22. The standard InChI is InChI=1S/C11H15N5/c12-7-8-3-1-5-10-14-15-11(16(8)10)9-4-2-6-13-9/h1,3,5,9,13H,2,4,6-7,12H2. The van der Waals surface area contributed by atoms with E-state index in [1.54, 1.807) is 0 Å². The quantitative estimate of drug-likeness (QED) is 0.773. The van der Waals surface area contributed by atoms with Gasteiger partial charge in [-0.3, -0.25) is 4.40 Å². The Balaban J connectivity index is 2.16. The molecule has 1 atom stereocenters. The van der Waals surface area contributed by atoms with Crippen molar-refractivity contribution in [2.75, 3.05) is 6.54 Å². The first-order chi connectivity index (χ1) is 7.90. The van der Waals surface area contributed by atoms with E-state index in [9.17, 15) is 0 Å². The highest BCUT2D eigenvalue weighted by Crippen LogP contribution is 2.22. The van der Waals surface area contributed by atoms with Crippen LogP contribution in [0.4, 0.5) is 0 Å². The second-order valence-corrected chi connectivity index (χ2v) is 4.12. The number of aromatic nitrogens is 3. The van der Waals surface area contributed by atoms with Crippen LogP contribution in [0.25, 0.3) is 5.65 Å². The van der Waals surface area contributed by atoms with Crippen molar-refractivity contribution in [3.8, 4) is 0 Å². The summed E-state index contributed by atoms with van der Waals surface area (Å²) in [6.45, 7) is 1.57. The molecular formula is C11H15N5. The van der Waals surface area contributed by atoms with Gasteiger partial charge in [-0.25, -0.2) is 0 Å². The lowest BCUT2D eigenvalue weighted by atomic mass is 10.2. The number of nitrogens with zero attached hydrogens (tertiary/aromatic N) is 3. The van der Waals surface area contributed by atoms with Gasteiger partial charge in [-0.15, -0.1) is 10.2 Å². The zero-order valence-electron chi connectivity index (χ0n) is 9.06. The number of rotatable bonds is 2. The molecule has 2 aromatic heterocycles. The molecule has 16 heavy (non-hydrogen) atoms. The molecule has 1 aliphatic rings. The van der Waals surface area contributed by atoms with Crippen molar-refractivity contribution in [2.24, 2.45) is 5.73 Å². The summed E-state index contributed by atoms with van der Waals surface area (Å²) >= 11 is 0. The molecule has 1 aliphatic heterocycles. The fraction of sp³-hybridized carbons (Fsp3) is 0.455. The summed E-state index contributed by atoms with van der Waals surface area (Å²) in [5.74, 6) is 0.994. The van der Waals surface area contributed by atoms with E-state index in [4.69, 9.17) is 5.73 Å². The van der Waals surface area contributed by atoms with E-state index in [2.05, 4.69) is 19.9 Å². The molecule has 1 saturated heterocycles. The lowest BCUT2D eigenvalue weighted by Crippen LogP contribution is -2.17. The number of pyridine rings is 1. The van der Waals surface area contributed by atoms with Gasteiger partial charge in [0.15, 0.2) is 11.5 Å². The molecule has 0 saturated carbocycles. The van der Waals surface area contributed by atoms with Crippen LogP contribution in [0.5, 0.6) is 0 Å². The predicted octanol–water partition coefficient (Wildman–Crippen LogP) is 0.612. The van der Waals surface area contributed by atoms with Gasteiger partial charge in [0.1, 0.15) is 0 Å². The predicted molar refractivity (Wildman–Crippen MR) is 60.9 cm³/mol.